The van der Waals surface area contributed by atoms with Crippen molar-refractivity contribution in [3.8, 4) is 0 Å². The van der Waals surface area contributed by atoms with Gasteiger partial charge in [0.25, 0.3) is 0 Å². The molecule has 0 saturated carbocycles. The third kappa shape index (κ3) is 3.51. The third-order valence-corrected chi connectivity index (χ3v) is 1.93. The predicted molar refractivity (Wildman–Crippen MR) is 51.8 cm³/mol. The van der Waals surface area contributed by atoms with Gasteiger partial charge in [-0.3, -0.25) is 4.79 Å². The Morgan fingerprint density at radius 3 is 2.53 bits per heavy atom. The first-order chi connectivity index (χ1) is 7.70. The summed E-state index contributed by atoms with van der Waals surface area (Å²) in [6, 6.07) is 0. The summed E-state index contributed by atoms with van der Waals surface area (Å²) in [7, 11) is 0. The van der Waals surface area contributed by atoms with Crippen LogP contribution in [0.3, 0.4) is 0 Å². The van der Waals surface area contributed by atoms with E-state index in [4.69, 9.17) is 5.11 Å². The molecule has 1 rings (SSSR count). The standard InChI is InChI=1S/C9H9F3N2O3/c1-4-7(8(16)17)5(3-13-4)14-6(15)2-9(10,11)12/h3,13H,2H2,1H3,(H,14,15)(H,16,17). The number of hydrogen-bond acceptors (Lipinski definition) is 2. The van der Waals surface area contributed by atoms with E-state index in [1.807, 2.05) is 5.32 Å². The van der Waals surface area contributed by atoms with Crippen LogP contribution in [-0.2, 0) is 4.79 Å². The lowest BCUT2D eigenvalue weighted by atomic mass is 10.2. The molecule has 0 atom stereocenters. The van der Waals surface area contributed by atoms with Gasteiger partial charge in [-0.15, -0.1) is 0 Å². The average molecular weight is 250 g/mol. The summed E-state index contributed by atoms with van der Waals surface area (Å²) in [5.74, 6) is -2.63. The fraction of sp³-hybridized carbons (Fsp3) is 0.333. The molecule has 1 aromatic heterocycles. The molecule has 94 valence electrons. The number of nitrogens with one attached hydrogen (secondary N) is 2. The Balaban J connectivity index is 2.83. The van der Waals surface area contributed by atoms with E-state index >= 15 is 0 Å². The highest BCUT2D eigenvalue weighted by Gasteiger charge is 2.31. The number of halogens is 3. The summed E-state index contributed by atoms with van der Waals surface area (Å²) in [5.41, 5.74) is -0.176. The van der Waals surface area contributed by atoms with Crippen LogP contribution in [0.1, 0.15) is 22.5 Å². The largest absolute Gasteiger partial charge is 0.478 e. The molecule has 0 radical (unpaired) electrons. The second kappa shape index (κ2) is 4.48. The molecule has 0 spiro atoms. The van der Waals surface area contributed by atoms with Crippen molar-refractivity contribution in [1.29, 1.82) is 0 Å². The number of alkyl halides is 3. The molecule has 17 heavy (non-hydrogen) atoms. The molecule has 5 nitrogen and oxygen atoms in total. The molecule has 1 amide bonds. The van der Waals surface area contributed by atoms with Crippen LogP contribution in [-0.4, -0.2) is 28.1 Å². The van der Waals surface area contributed by atoms with Gasteiger partial charge >= 0.3 is 12.1 Å². The molecule has 0 bridgehead atoms. The van der Waals surface area contributed by atoms with Crippen molar-refractivity contribution in [2.75, 3.05) is 5.32 Å². The van der Waals surface area contributed by atoms with Gasteiger partial charge in [-0.25, -0.2) is 4.79 Å². The number of amides is 1. The van der Waals surface area contributed by atoms with Crippen LogP contribution in [0.25, 0.3) is 0 Å². The van der Waals surface area contributed by atoms with Crippen LogP contribution in [0.4, 0.5) is 18.9 Å². The molecule has 0 unspecified atom stereocenters. The van der Waals surface area contributed by atoms with Gasteiger partial charge in [0.1, 0.15) is 12.0 Å². The molecule has 0 fully saturated rings. The zero-order valence-electron chi connectivity index (χ0n) is 8.68. The Bertz CT molecular complexity index is 451. The van der Waals surface area contributed by atoms with Crippen molar-refractivity contribution < 1.29 is 27.9 Å². The molecule has 1 aromatic rings. The normalized spacial score (nSPS) is 11.3. The smallest absolute Gasteiger partial charge is 0.397 e. The maximum atomic E-state index is 11.9. The van der Waals surface area contributed by atoms with Crippen molar-refractivity contribution in [3.63, 3.8) is 0 Å². The van der Waals surface area contributed by atoms with Crippen molar-refractivity contribution in [1.82, 2.24) is 4.98 Å². The van der Waals surface area contributed by atoms with Gasteiger partial charge < -0.3 is 15.4 Å². The van der Waals surface area contributed by atoms with Gasteiger partial charge in [0, 0.05) is 11.9 Å². The molecule has 3 N–H and O–H groups in total. The SMILES string of the molecule is Cc1[nH]cc(NC(=O)CC(F)(F)F)c1C(=O)O. The van der Waals surface area contributed by atoms with Crippen molar-refractivity contribution in [2.24, 2.45) is 0 Å². The highest BCUT2D eigenvalue weighted by atomic mass is 19.4. The van der Waals surface area contributed by atoms with E-state index < -0.39 is 24.5 Å². The number of carbonyl (C=O) groups excluding carboxylic acids is 1. The first-order valence-corrected chi connectivity index (χ1v) is 4.48. The van der Waals surface area contributed by atoms with Gasteiger partial charge in [-0.2, -0.15) is 13.2 Å². The lowest BCUT2D eigenvalue weighted by Crippen LogP contribution is -2.21. The minimum absolute atomic E-state index is 0.177. The summed E-state index contributed by atoms with van der Waals surface area (Å²) in [5, 5.41) is 10.7. The van der Waals surface area contributed by atoms with Crippen LogP contribution >= 0.6 is 0 Å². The van der Waals surface area contributed by atoms with E-state index in [9.17, 15) is 22.8 Å². The van der Waals surface area contributed by atoms with Gasteiger partial charge in [0.05, 0.1) is 5.69 Å². The number of anilines is 1. The van der Waals surface area contributed by atoms with Crippen molar-refractivity contribution in [3.05, 3.63) is 17.5 Å². The van der Waals surface area contributed by atoms with Crippen LogP contribution in [0.15, 0.2) is 6.20 Å². The molecular formula is C9H9F3N2O3. The van der Waals surface area contributed by atoms with Crippen LogP contribution < -0.4 is 5.32 Å². The third-order valence-electron chi connectivity index (χ3n) is 1.93. The molecular weight excluding hydrogens is 241 g/mol. The zero-order chi connectivity index (χ0) is 13.2. The number of aromatic amines is 1. The molecule has 0 aromatic carbocycles. The molecule has 0 aliphatic heterocycles. The molecule has 0 saturated heterocycles. The highest BCUT2D eigenvalue weighted by Crippen LogP contribution is 2.23. The van der Waals surface area contributed by atoms with Gasteiger partial charge in [-0.1, -0.05) is 0 Å². The maximum absolute atomic E-state index is 11.9. The second-order valence-electron chi connectivity index (χ2n) is 3.35. The minimum Gasteiger partial charge on any atom is -0.478 e. The fourth-order valence-electron chi connectivity index (χ4n) is 1.28. The zero-order valence-corrected chi connectivity index (χ0v) is 8.68. The van der Waals surface area contributed by atoms with Crippen LogP contribution in [0, 0.1) is 6.92 Å². The van der Waals surface area contributed by atoms with E-state index in [0.717, 1.165) is 6.20 Å². The number of carboxylic acid groups (broad SMARTS) is 1. The molecule has 0 aliphatic rings. The number of rotatable bonds is 3. The Hall–Kier alpha value is -1.99. The number of hydrogen-bond donors (Lipinski definition) is 3. The van der Waals surface area contributed by atoms with Crippen LogP contribution in [0.2, 0.25) is 0 Å². The van der Waals surface area contributed by atoms with Crippen molar-refractivity contribution >= 4 is 17.6 Å². The van der Waals surface area contributed by atoms with Gasteiger partial charge in [-0.05, 0) is 6.92 Å². The lowest BCUT2D eigenvalue weighted by molar-refractivity contribution is -0.150. The summed E-state index contributed by atoms with van der Waals surface area (Å²) in [6.45, 7) is 1.43. The van der Waals surface area contributed by atoms with E-state index in [-0.39, 0.29) is 16.9 Å². The summed E-state index contributed by atoms with van der Waals surface area (Å²) < 4.78 is 35.7. The second-order valence-corrected chi connectivity index (χ2v) is 3.35. The minimum atomic E-state index is -4.63. The monoisotopic (exact) mass is 250 g/mol. The first-order valence-electron chi connectivity index (χ1n) is 4.48. The first kappa shape index (κ1) is 13.1. The highest BCUT2D eigenvalue weighted by molar-refractivity contribution is 6.01. The molecule has 8 heteroatoms. The summed E-state index contributed by atoms with van der Waals surface area (Å²) in [4.78, 5) is 24.3. The van der Waals surface area contributed by atoms with E-state index in [2.05, 4.69) is 4.98 Å². The van der Waals surface area contributed by atoms with E-state index in [1.165, 1.54) is 6.92 Å². The van der Waals surface area contributed by atoms with Gasteiger partial charge in [0.15, 0.2) is 0 Å². The van der Waals surface area contributed by atoms with E-state index in [0.29, 0.717) is 0 Å². The van der Waals surface area contributed by atoms with Gasteiger partial charge in [0.2, 0.25) is 5.91 Å². The van der Waals surface area contributed by atoms with Crippen LogP contribution in [0.5, 0.6) is 0 Å². The summed E-state index contributed by atoms with van der Waals surface area (Å²) >= 11 is 0. The Morgan fingerprint density at radius 1 is 1.47 bits per heavy atom. The number of aryl methyl sites for hydroxylation is 1. The number of carbonyl (C=O) groups is 2. The average Bonchev–Trinajstić information content (AvgIpc) is 2.42. The number of H-pyrrole nitrogens is 1. The number of aromatic carboxylic acids is 1. The quantitative estimate of drug-likeness (QED) is 0.766. The Labute approximate surface area is 93.6 Å². The van der Waals surface area contributed by atoms with E-state index in [1.54, 1.807) is 0 Å². The molecule has 1 heterocycles. The number of aromatic nitrogens is 1. The predicted octanol–water partition coefficient (Wildman–Crippen LogP) is 1.91. The lowest BCUT2D eigenvalue weighted by Gasteiger charge is -2.07. The molecule has 0 aliphatic carbocycles. The Morgan fingerprint density at radius 2 is 2.06 bits per heavy atom. The topological polar surface area (TPSA) is 82.2 Å². The van der Waals surface area contributed by atoms with Crippen molar-refractivity contribution in [2.45, 2.75) is 19.5 Å². The number of carboxylic acids is 1. The fourth-order valence-corrected chi connectivity index (χ4v) is 1.28. The maximum Gasteiger partial charge on any atom is 0.397 e. The Kier molecular flexibility index (Phi) is 3.45. The summed E-state index contributed by atoms with van der Waals surface area (Å²) in [6.07, 6.45) is -5.15.